The van der Waals surface area contributed by atoms with Crippen LogP contribution in [0, 0.1) is 0 Å². The van der Waals surface area contributed by atoms with Crippen LogP contribution in [-0.2, 0) is 14.3 Å². The van der Waals surface area contributed by atoms with Gasteiger partial charge in [-0.05, 0) is 19.3 Å². The number of carbonyl (C=O) groups is 2. The van der Waals surface area contributed by atoms with Crippen molar-refractivity contribution in [2.24, 2.45) is 0 Å². The Kier molecular flexibility index (Phi) is 3.39. The van der Waals surface area contributed by atoms with E-state index in [9.17, 15) is 9.59 Å². The second-order valence-electron chi connectivity index (χ2n) is 4.37. The molecule has 2 aliphatic heterocycles. The minimum Gasteiger partial charge on any atom is -0.378 e. The number of ether oxygens (including phenoxy) is 1. The van der Waals surface area contributed by atoms with Crippen molar-refractivity contribution >= 4 is 11.8 Å². The zero-order valence-electron chi connectivity index (χ0n) is 9.54. The SMILES string of the molecule is CCCC1CC(=C2CC(=O)NC2=O)CCO1. The second kappa shape index (κ2) is 4.78. The first-order chi connectivity index (χ1) is 7.70. The first-order valence-corrected chi connectivity index (χ1v) is 5.87. The maximum absolute atomic E-state index is 11.5. The molecule has 0 aromatic rings. The Labute approximate surface area is 95.0 Å². The molecule has 0 saturated carbocycles. The maximum atomic E-state index is 11.5. The van der Waals surface area contributed by atoms with Crippen LogP contribution in [0.5, 0.6) is 0 Å². The fourth-order valence-electron chi connectivity index (χ4n) is 2.34. The molecular formula is C12H17NO3. The number of amides is 2. The van der Waals surface area contributed by atoms with E-state index in [-0.39, 0.29) is 24.3 Å². The molecule has 0 radical (unpaired) electrons. The number of imide groups is 1. The third-order valence-electron chi connectivity index (χ3n) is 3.13. The molecule has 2 amide bonds. The van der Waals surface area contributed by atoms with E-state index in [1.807, 2.05) is 0 Å². The summed E-state index contributed by atoms with van der Waals surface area (Å²) >= 11 is 0. The second-order valence-corrected chi connectivity index (χ2v) is 4.37. The number of hydrogen-bond donors (Lipinski definition) is 1. The van der Waals surface area contributed by atoms with Gasteiger partial charge in [0.25, 0.3) is 5.91 Å². The van der Waals surface area contributed by atoms with Crippen LogP contribution in [-0.4, -0.2) is 24.5 Å². The quantitative estimate of drug-likeness (QED) is 0.567. The fraction of sp³-hybridized carbons (Fsp3) is 0.667. The van der Waals surface area contributed by atoms with Gasteiger partial charge in [0, 0.05) is 5.57 Å². The van der Waals surface area contributed by atoms with Gasteiger partial charge in [-0.15, -0.1) is 0 Å². The van der Waals surface area contributed by atoms with E-state index >= 15 is 0 Å². The van der Waals surface area contributed by atoms with Gasteiger partial charge in [-0.2, -0.15) is 0 Å². The van der Waals surface area contributed by atoms with Crippen molar-refractivity contribution in [3.05, 3.63) is 11.1 Å². The average molecular weight is 223 g/mol. The molecule has 1 atom stereocenters. The topological polar surface area (TPSA) is 55.4 Å². The van der Waals surface area contributed by atoms with Crippen LogP contribution in [0.25, 0.3) is 0 Å². The molecule has 4 nitrogen and oxygen atoms in total. The van der Waals surface area contributed by atoms with Crippen LogP contribution < -0.4 is 5.32 Å². The largest absolute Gasteiger partial charge is 0.378 e. The van der Waals surface area contributed by atoms with Gasteiger partial charge in [-0.3, -0.25) is 14.9 Å². The molecule has 16 heavy (non-hydrogen) atoms. The normalized spacial score (nSPS) is 30.7. The van der Waals surface area contributed by atoms with Gasteiger partial charge < -0.3 is 4.74 Å². The molecule has 0 bridgehead atoms. The summed E-state index contributed by atoms with van der Waals surface area (Å²) in [5.41, 5.74) is 1.81. The highest BCUT2D eigenvalue weighted by molar-refractivity contribution is 6.13. The molecule has 2 heterocycles. The Hall–Kier alpha value is -1.16. The molecule has 0 aliphatic carbocycles. The van der Waals surface area contributed by atoms with Crippen LogP contribution in [0.4, 0.5) is 0 Å². The van der Waals surface area contributed by atoms with Gasteiger partial charge in [0.15, 0.2) is 0 Å². The molecule has 4 heteroatoms. The molecular weight excluding hydrogens is 206 g/mol. The van der Waals surface area contributed by atoms with E-state index < -0.39 is 0 Å². The first-order valence-electron chi connectivity index (χ1n) is 5.87. The highest BCUT2D eigenvalue weighted by atomic mass is 16.5. The van der Waals surface area contributed by atoms with E-state index in [0.717, 1.165) is 31.3 Å². The summed E-state index contributed by atoms with van der Waals surface area (Å²) in [4.78, 5) is 22.6. The molecule has 1 N–H and O–H groups in total. The number of hydrogen-bond acceptors (Lipinski definition) is 3. The lowest BCUT2D eigenvalue weighted by molar-refractivity contribution is -0.124. The molecule has 2 fully saturated rings. The van der Waals surface area contributed by atoms with Crippen LogP contribution in [0.1, 0.15) is 39.0 Å². The van der Waals surface area contributed by atoms with Crippen LogP contribution >= 0.6 is 0 Å². The molecule has 0 spiro atoms. The summed E-state index contributed by atoms with van der Waals surface area (Å²) in [5.74, 6) is -0.372. The van der Waals surface area contributed by atoms with Crippen LogP contribution in [0.3, 0.4) is 0 Å². The van der Waals surface area contributed by atoms with Gasteiger partial charge >= 0.3 is 0 Å². The molecule has 0 aromatic heterocycles. The Balaban J connectivity index is 2.11. The monoisotopic (exact) mass is 223 g/mol. The summed E-state index contributed by atoms with van der Waals surface area (Å²) in [7, 11) is 0. The lowest BCUT2D eigenvalue weighted by Gasteiger charge is -2.25. The van der Waals surface area contributed by atoms with Gasteiger partial charge in [0.05, 0.1) is 19.1 Å². The van der Waals surface area contributed by atoms with Gasteiger partial charge in [-0.25, -0.2) is 0 Å². The fourth-order valence-corrected chi connectivity index (χ4v) is 2.34. The number of carbonyl (C=O) groups excluding carboxylic acids is 2. The maximum Gasteiger partial charge on any atom is 0.254 e. The predicted octanol–water partition coefficient (Wildman–Crippen LogP) is 1.31. The Bertz CT molecular complexity index is 344. The molecule has 2 aliphatic rings. The van der Waals surface area contributed by atoms with Gasteiger partial charge in [0.1, 0.15) is 0 Å². The average Bonchev–Trinajstić information content (AvgIpc) is 2.59. The van der Waals surface area contributed by atoms with Crippen molar-refractivity contribution in [1.29, 1.82) is 0 Å². The first kappa shape index (κ1) is 11.3. The molecule has 2 saturated heterocycles. The van der Waals surface area contributed by atoms with Crippen LogP contribution in [0.15, 0.2) is 11.1 Å². The zero-order valence-corrected chi connectivity index (χ0v) is 9.54. The zero-order chi connectivity index (χ0) is 11.5. The highest BCUT2D eigenvalue weighted by Gasteiger charge is 2.29. The van der Waals surface area contributed by atoms with Gasteiger partial charge in [-0.1, -0.05) is 18.9 Å². The Morgan fingerprint density at radius 3 is 2.88 bits per heavy atom. The van der Waals surface area contributed by atoms with Crippen molar-refractivity contribution in [3.63, 3.8) is 0 Å². The van der Waals surface area contributed by atoms with E-state index in [1.165, 1.54) is 0 Å². The van der Waals surface area contributed by atoms with Gasteiger partial charge in [0.2, 0.25) is 5.91 Å². The Morgan fingerprint density at radius 1 is 1.44 bits per heavy atom. The summed E-state index contributed by atoms with van der Waals surface area (Å²) in [6.07, 6.45) is 4.18. The lowest BCUT2D eigenvalue weighted by Crippen LogP contribution is -2.23. The molecule has 88 valence electrons. The minimum absolute atomic E-state index is 0.175. The smallest absolute Gasteiger partial charge is 0.254 e. The summed E-state index contributed by atoms with van der Waals surface area (Å²) in [5, 5.41) is 2.33. The third kappa shape index (κ3) is 2.32. The highest BCUT2D eigenvalue weighted by Crippen LogP contribution is 2.28. The van der Waals surface area contributed by atoms with E-state index in [4.69, 9.17) is 4.74 Å². The predicted molar refractivity (Wildman–Crippen MR) is 58.7 cm³/mol. The van der Waals surface area contributed by atoms with Crippen molar-refractivity contribution in [3.8, 4) is 0 Å². The van der Waals surface area contributed by atoms with Crippen molar-refractivity contribution in [1.82, 2.24) is 5.32 Å². The van der Waals surface area contributed by atoms with E-state index in [0.29, 0.717) is 12.2 Å². The number of rotatable bonds is 2. The van der Waals surface area contributed by atoms with Crippen LogP contribution in [0.2, 0.25) is 0 Å². The van der Waals surface area contributed by atoms with E-state index in [2.05, 4.69) is 12.2 Å². The van der Waals surface area contributed by atoms with Crippen molar-refractivity contribution in [2.45, 2.75) is 45.1 Å². The third-order valence-corrected chi connectivity index (χ3v) is 3.13. The molecule has 0 aromatic carbocycles. The minimum atomic E-state index is -0.197. The molecule has 2 rings (SSSR count). The number of nitrogens with one attached hydrogen (secondary N) is 1. The summed E-state index contributed by atoms with van der Waals surface area (Å²) in [6.45, 7) is 2.79. The summed E-state index contributed by atoms with van der Waals surface area (Å²) < 4.78 is 5.62. The Morgan fingerprint density at radius 2 is 2.25 bits per heavy atom. The van der Waals surface area contributed by atoms with Crippen molar-refractivity contribution < 1.29 is 14.3 Å². The lowest BCUT2D eigenvalue weighted by atomic mass is 9.94. The van der Waals surface area contributed by atoms with E-state index in [1.54, 1.807) is 0 Å². The standard InChI is InChI=1S/C12H17NO3/c1-2-3-9-6-8(4-5-16-9)10-7-11(14)13-12(10)15/h9H,2-7H2,1H3,(H,13,14,15). The van der Waals surface area contributed by atoms with Crippen molar-refractivity contribution in [2.75, 3.05) is 6.61 Å². The summed E-state index contributed by atoms with van der Waals surface area (Å²) in [6, 6.07) is 0. The molecule has 1 unspecified atom stereocenters.